The molecular formula is C27H32N2O5S. The molecule has 0 aromatic heterocycles. The maximum absolute atomic E-state index is 13.3. The van der Waals surface area contributed by atoms with E-state index in [0.717, 1.165) is 12.3 Å². The lowest BCUT2D eigenvalue weighted by molar-refractivity contribution is -0.125. The van der Waals surface area contributed by atoms with E-state index in [4.69, 9.17) is 4.74 Å². The number of benzene rings is 2. The smallest absolute Gasteiger partial charge is 0.338 e. The molecule has 0 heterocycles. The van der Waals surface area contributed by atoms with Crippen LogP contribution in [-0.4, -0.2) is 39.5 Å². The van der Waals surface area contributed by atoms with Gasteiger partial charge in [-0.05, 0) is 74.3 Å². The quantitative estimate of drug-likeness (QED) is 0.394. The van der Waals surface area contributed by atoms with Crippen molar-refractivity contribution in [2.45, 2.75) is 43.5 Å². The van der Waals surface area contributed by atoms with Crippen LogP contribution in [0.5, 0.6) is 0 Å². The van der Waals surface area contributed by atoms with Gasteiger partial charge < -0.3 is 10.1 Å². The lowest BCUT2D eigenvalue weighted by Crippen LogP contribution is -2.42. The summed E-state index contributed by atoms with van der Waals surface area (Å²) in [6, 6.07) is 14.4. The Morgan fingerprint density at radius 1 is 1.14 bits per heavy atom. The van der Waals surface area contributed by atoms with Crippen molar-refractivity contribution in [3.05, 3.63) is 72.8 Å². The van der Waals surface area contributed by atoms with E-state index < -0.39 is 22.6 Å². The van der Waals surface area contributed by atoms with Crippen LogP contribution in [-0.2, 0) is 19.6 Å². The number of rotatable bonds is 10. The largest absolute Gasteiger partial charge is 0.452 e. The molecule has 0 saturated heterocycles. The second kappa shape index (κ2) is 10.6. The third-order valence-electron chi connectivity index (χ3n) is 7.15. The Morgan fingerprint density at radius 2 is 1.91 bits per heavy atom. The first kappa shape index (κ1) is 25.0. The predicted octanol–water partition coefficient (Wildman–Crippen LogP) is 4.17. The van der Waals surface area contributed by atoms with Crippen LogP contribution in [0.25, 0.3) is 0 Å². The van der Waals surface area contributed by atoms with Gasteiger partial charge in [-0.25, -0.2) is 13.2 Å². The average Bonchev–Trinajstić information content (AvgIpc) is 3.50. The third-order valence-corrected chi connectivity index (χ3v) is 8.94. The number of carbonyl (C=O) groups is 2. The van der Waals surface area contributed by atoms with E-state index in [0.29, 0.717) is 17.5 Å². The van der Waals surface area contributed by atoms with Crippen LogP contribution in [0.3, 0.4) is 0 Å². The number of anilines is 1. The highest BCUT2D eigenvalue weighted by Gasteiger charge is 2.42. The van der Waals surface area contributed by atoms with Crippen LogP contribution in [0, 0.1) is 17.8 Å². The van der Waals surface area contributed by atoms with Gasteiger partial charge in [0.15, 0.2) is 6.61 Å². The molecule has 35 heavy (non-hydrogen) atoms. The Balaban J connectivity index is 1.39. The summed E-state index contributed by atoms with van der Waals surface area (Å²) >= 11 is 0. The van der Waals surface area contributed by atoms with Crippen LogP contribution in [0.2, 0.25) is 0 Å². The molecule has 1 amide bonds. The number of nitrogens with one attached hydrogen (secondary N) is 1. The summed E-state index contributed by atoms with van der Waals surface area (Å²) in [6.07, 6.45) is 6.44. The molecule has 0 unspecified atom stereocenters. The highest BCUT2D eigenvalue weighted by molar-refractivity contribution is 7.92. The van der Waals surface area contributed by atoms with E-state index >= 15 is 0 Å². The fraction of sp³-hybridized carbons (Fsp3) is 0.407. The summed E-state index contributed by atoms with van der Waals surface area (Å²) in [5.74, 6) is 0.853. The first-order valence-corrected chi connectivity index (χ1v) is 13.5. The Bertz CT molecular complexity index is 1180. The van der Waals surface area contributed by atoms with E-state index in [-0.39, 0.29) is 29.0 Å². The number of nitrogens with zero attached hydrogens (tertiary/aromatic N) is 1. The molecule has 0 aliphatic heterocycles. The van der Waals surface area contributed by atoms with Crippen LogP contribution in [0.15, 0.2) is 72.1 Å². The number of hydrogen-bond acceptors (Lipinski definition) is 5. The van der Waals surface area contributed by atoms with Gasteiger partial charge in [-0.3, -0.25) is 9.10 Å². The van der Waals surface area contributed by atoms with Gasteiger partial charge in [-0.1, -0.05) is 36.8 Å². The molecule has 8 heteroatoms. The van der Waals surface area contributed by atoms with Gasteiger partial charge in [-0.15, -0.1) is 6.58 Å². The van der Waals surface area contributed by atoms with Crippen molar-refractivity contribution in [2.75, 3.05) is 17.5 Å². The number of ether oxygens (including phenoxy) is 1. The molecule has 186 valence electrons. The Labute approximate surface area is 207 Å². The standard InChI is InChI=1S/C27H32N2O5S/c1-3-14-29(23-9-5-4-6-10-23)35(32,33)24-11-7-8-22(17-24)27(31)34-18-26(30)28-19(2)25-16-20-12-13-21(25)15-20/h3-11,17,19-21,25H,1,12-16,18H2,2H3,(H,28,30)/t19-,20-,21-,25+/m0/s1. The molecule has 0 radical (unpaired) electrons. The zero-order valence-electron chi connectivity index (χ0n) is 19.9. The summed E-state index contributed by atoms with van der Waals surface area (Å²) < 4.78 is 33.1. The number of fused-ring (bicyclic) bond motifs is 2. The van der Waals surface area contributed by atoms with Gasteiger partial charge in [-0.2, -0.15) is 0 Å². The molecule has 1 N–H and O–H groups in total. The molecule has 0 spiro atoms. The van der Waals surface area contributed by atoms with Gasteiger partial charge in [0.2, 0.25) is 0 Å². The minimum atomic E-state index is -3.96. The van der Waals surface area contributed by atoms with E-state index in [9.17, 15) is 18.0 Å². The molecule has 4 rings (SSSR count). The monoisotopic (exact) mass is 496 g/mol. The molecule has 2 bridgehead atoms. The fourth-order valence-electron chi connectivity index (χ4n) is 5.49. The van der Waals surface area contributed by atoms with E-state index in [1.165, 1.54) is 53.9 Å². The van der Waals surface area contributed by atoms with Crippen LogP contribution in [0.4, 0.5) is 5.69 Å². The first-order chi connectivity index (χ1) is 16.8. The molecule has 2 fully saturated rings. The number of hydrogen-bond donors (Lipinski definition) is 1. The Hall–Kier alpha value is -3.13. The Kier molecular flexibility index (Phi) is 7.60. The minimum Gasteiger partial charge on any atom is -0.452 e. The summed E-state index contributed by atoms with van der Waals surface area (Å²) in [4.78, 5) is 25.0. The maximum atomic E-state index is 13.3. The second-order valence-electron chi connectivity index (χ2n) is 9.46. The van der Waals surface area contributed by atoms with Crippen molar-refractivity contribution in [1.82, 2.24) is 5.32 Å². The van der Waals surface area contributed by atoms with E-state index in [1.807, 2.05) is 6.92 Å². The third kappa shape index (κ3) is 5.59. The van der Waals surface area contributed by atoms with E-state index in [2.05, 4.69) is 11.9 Å². The number of sulfonamides is 1. The lowest BCUT2D eigenvalue weighted by atomic mass is 9.84. The molecule has 7 nitrogen and oxygen atoms in total. The van der Waals surface area contributed by atoms with Crippen molar-refractivity contribution < 1.29 is 22.7 Å². The van der Waals surface area contributed by atoms with Crippen molar-refractivity contribution in [3.8, 4) is 0 Å². The summed E-state index contributed by atoms with van der Waals surface area (Å²) in [5, 5.41) is 2.97. The van der Waals surface area contributed by atoms with Crippen molar-refractivity contribution in [2.24, 2.45) is 17.8 Å². The van der Waals surface area contributed by atoms with Crippen molar-refractivity contribution in [3.63, 3.8) is 0 Å². The first-order valence-electron chi connectivity index (χ1n) is 12.0. The second-order valence-corrected chi connectivity index (χ2v) is 11.3. The van der Waals surface area contributed by atoms with Gasteiger partial charge in [0.1, 0.15) is 0 Å². The van der Waals surface area contributed by atoms with Gasteiger partial charge >= 0.3 is 5.97 Å². The maximum Gasteiger partial charge on any atom is 0.338 e. The summed E-state index contributed by atoms with van der Waals surface area (Å²) in [7, 11) is -3.96. The zero-order valence-corrected chi connectivity index (χ0v) is 20.7. The van der Waals surface area contributed by atoms with Crippen molar-refractivity contribution >= 4 is 27.6 Å². The van der Waals surface area contributed by atoms with Crippen molar-refractivity contribution in [1.29, 1.82) is 0 Å². The number of esters is 1. The molecule has 4 atom stereocenters. The molecule has 2 aliphatic carbocycles. The highest BCUT2D eigenvalue weighted by Crippen LogP contribution is 2.49. The minimum absolute atomic E-state index is 0.0406. The highest BCUT2D eigenvalue weighted by atomic mass is 32.2. The van der Waals surface area contributed by atoms with Crippen LogP contribution < -0.4 is 9.62 Å². The van der Waals surface area contributed by atoms with Crippen LogP contribution in [0.1, 0.15) is 43.0 Å². The molecule has 2 aliphatic rings. The SMILES string of the molecule is C=CCN(c1ccccc1)S(=O)(=O)c1cccc(C(=O)OCC(=O)N[C@@H](C)[C@H]2C[C@H]3CC[C@H]2C3)c1. The lowest BCUT2D eigenvalue weighted by Gasteiger charge is -2.28. The predicted molar refractivity (Wildman–Crippen MR) is 134 cm³/mol. The number of amides is 1. The fourth-order valence-corrected chi connectivity index (χ4v) is 6.97. The summed E-state index contributed by atoms with van der Waals surface area (Å²) in [5.41, 5.74) is 0.549. The van der Waals surface area contributed by atoms with Gasteiger partial charge in [0.05, 0.1) is 22.7 Å². The van der Waals surface area contributed by atoms with E-state index in [1.54, 1.807) is 30.3 Å². The number of para-hydroxylation sites is 1. The normalized spacial score (nSPS) is 21.8. The average molecular weight is 497 g/mol. The van der Waals surface area contributed by atoms with Gasteiger partial charge in [0.25, 0.3) is 15.9 Å². The topological polar surface area (TPSA) is 92.8 Å². The molecule has 2 aromatic carbocycles. The summed E-state index contributed by atoms with van der Waals surface area (Å²) in [6.45, 7) is 5.34. The Morgan fingerprint density at radius 3 is 2.57 bits per heavy atom. The zero-order chi connectivity index (χ0) is 25.0. The number of carbonyl (C=O) groups excluding carboxylic acids is 2. The molecular weight excluding hydrogens is 464 g/mol. The van der Waals surface area contributed by atoms with Crippen LogP contribution >= 0.6 is 0 Å². The van der Waals surface area contributed by atoms with Gasteiger partial charge in [0, 0.05) is 6.04 Å². The molecule has 2 aromatic rings. The molecule has 2 saturated carbocycles.